The molecule has 0 amide bonds. The molecule has 1 heterocycles. The third-order valence-corrected chi connectivity index (χ3v) is 6.24. The maximum Gasteiger partial charge on any atom is 0.150 e. The molecule has 2 atom stereocenters. The lowest BCUT2D eigenvalue weighted by Crippen LogP contribution is -2.30. The zero-order valence-corrected chi connectivity index (χ0v) is 13.7. The monoisotopic (exact) mass is 333 g/mol. The van der Waals surface area contributed by atoms with Crippen LogP contribution in [0.15, 0.2) is 18.2 Å². The topological polar surface area (TPSA) is 46.2 Å². The van der Waals surface area contributed by atoms with Gasteiger partial charge < -0.3 is 5.32 Å². The molecule has 1 aliphatic heterocycles. The van der Waals surface area contributed by atoms with E-state index in [1.807, 2.05) is 6.92 Å². The van der Waals surface area contributed by atoms with Crippen molar-refractivity contribution in [3.05, 3.63) is 34.6 Å². The van der Waals surface area contributed by atoms with Gasteiger partial charge in [-0.15, -0.1) is 0 Å². The van der Waals surface area contributed by atoms with E-state index in [0.717, 1.165) is 18.7 Å². The normalized spacial score (nSPS) is 22.3. The Labute approximate surface area is 130 Å². The van der Waals surface area contributed by atoms with Gasteiger partial charge in [0.2, 0.25) is 0 Å². The molecule has 1 aromatic carbocycles. The molecule has 1 fully saturated rings. The Bertz CT molecular complexity index is 591. The summed E-state index contributed by atoms with van der Waals surface area (Å²) in [6, 6.07) is 4.35. The molecule has 6 heteroatoms. The SMILES string of the molecule is CCNCC(Cc1cc(F)ccc1Cl)C1CCS(=O)(=O)C1. The maximum atomic E-state index is 13.4. The second kappa shape index (κ2) is 7.07. The van der Waals surface area contributed by atoms with E-state index < -0.39 is 9.84 Å². The minimum atomic E-state index is -2.91. The molecule has 0 aromatic heterocycles. The quantitative estimate of drug-likeness (QED) is 0.870. The van der Waals surface area contributed by atoms with Gasteiger partial charge in [0.15, 0.2) is 9.84 Å². The molecule has 118 valence electrons. The Balaban J connectivity index is 2.14. The molecule has 0 spiro atoms. The van der Waals surface area contributed by atoms with Crippen LogP contribution in [0.5, 0.6) is 0 Å². The fourth-order valence-corrected chi connectivity index (χ4v) is 5.03. The second-order valence-electron chi connectivity index (χ2n) is 5.67. The van der Waals surface area contributed by atoms with Crippen molar-refractivity contribution < 1.29 is 12.8 Å². The summed E-state index contributed by atoms with van der Waals surface area (Å²) < 4.78 is 36.8. The summed E-state index contributed by atoms with van der Waals surface area (Å²) in [5.41, 5.74) is 0.754. The van der Waals surface area contributed by atoms with Crippen LogP contribution in [-0.4, -0.2) is 33.0 Å². The van der Waals surface area contributed by atoms with E-state index in [1.54, 1.807) is 6.07 Å². The highest BCUT2D eigenvalue weighted by Gasteiger charge is 2.33. The minimum Gasteiger partial charge on any atom is -0.317 e. The molecule has 2 rings (SSSR count). The first-order valence-corrected chi connectivity index (χ1v) is 9.46. The van der Waals surface area contributed by atoms with Crippen LogP contribution in [0.3, 0.4) is 0 Å². The molecule has 0 aliphatic carbocycles. The lowest BCUT2D eigenvalue weighted by Gasteiger charge is -2.23. The summed E-state index contributed by atoms with van der Waals surface area (Å²) in [4.78, 5) is 0. The predicted molar refractivity (Wildman–Crippen MR) is 83.9 cm³/mol. The van der Waals surface area contributed by atoms with Gasteiger partial charge >= 0.3 is 0 Å². The summed E-state index contributed by atoms with van der Waals surface area (Å²) in [7, 11) is -2.91. The van der Waals surface area contributed by atoms with Gasteiger partial charge in [-0.3, -0.25) is 0 Å². The largest absolute Gasteiger partial charge is 0.317 e. The molecule has 2 unspecified atom stereocenters. The third-order valence-electron chi connectivity index (χ3n) is 4.08. The van der Waals surface area contributed by atoms with Crippen molar-refractivity contribution in [3.63, 3.8) is 0 Å². The summed E-state index contributed by atoms with van der Waals surface area (Å²) in [6.07, 6.45) is 1.29. The molecule has 1 saturated heterocycles. The minimum absolute atomic E-state index is 0.119. The Morgan fingerprint density at radius 1 is 1.48 bits per heavy atom. The number of nitrogens with one attached hydrogen (secondary N) is 1. The predicted octanol–water partition coefficient (Wildman–Crippen LogP) is 2.68. The van der Waals surface area contributed by atoms with Crippen molar-refractivity contribution in [1.29, 1.82) is 0 Å². The summed E-state index contributed by atoms with van der Waals surface area (Å²) >= 11 is 6.13. The Morgan fingerprint density at radius 2 is 2.24 bits per heavy atom. The van der Waals surface area contributed by atoms with Gasteiger partial charge in [0, 0.05) is 5.02 Å². The summed E-state index contributed by atoms with van der Waals surface area (Å²) in [5.74, 6) is 0.457. The van der Waals surface area contributed by atoms with Crippen molar-refractivity contribution in [1.82, 2.24) is 5.32 Å². The molecule has 1 N–H and O–H groups in total. The average molecular weight is 334 g/mol. The van der Waals surface area contributed by atoms with Gasteiger partial charge in [0.05, 0.1) is 11.5 Å². The Hall–Kier alpha value is -0.650. The zero-order valence-electron chi connectivity index (χ0n) is 12.1. The van der Waals surface area contributed by atoms with Gasteiger partial charge in [-0.25, -0.2) is 12.8 Å². The highest BCUT2D eigenvalue weighted by molar-refractivity contribution is 7.91. The molecule has 21 heavy (non-hydrogen) atoms. The second-order valence-corrected chi connectivity index (χ2v) is 8.31. The number of sulfone groups is 1. The first-order chi connectivity index (χ1) is 9.91. The smallest absolute Gasteiger partial charge is 0.150 e. The van der Waals surface area contributed by atoms with Crippen molar-refractivity contribution in [2.24, 2.45) is 11.8 Å². The fraction of sp³-hybridized carbons (Fsp3) is 0.600. The molecule has 3 nitrogen and oxygen atoms in total. The van der Waals surface area contributed by atoms with Gasteiger partial charge in [-0.05, 0) is 61.5 Å². The number of halogens is 2. The highest BCUT2D eigenvalue weighted by atomic mass is 35.5. The van der Waals surface area contributed by atoms with Crippen LogP contribution < -0.4 is 5.32 Å². The zero-order chi connectivity index (χ0) is 15.5. The third kappa shape index (κ3) is 4.66. The molecule has 0 saturated carbocycles. The van der Waals surface area contributed by atoms with Gasteiger partial charge in [0.1, 0.15) is 5.82 Å². The lowest BCUT2D eigenvalue weighted by atomic mass is 9.86. The van der Waals surface area contributed by atoms with Crippen LogP contribution in [0.25, 0.3) is 0 Å². The molecule has 0 radical (unpaired) electrons. The maximum absolute atomic E-state index is 13.4. The Morgan fingerprint density at radius 3 is 2.86 bits per heavy atom. The standard InChI is InChI=1S/C15H21ClFNO2S/c1-2-18-9-13(11-5-6-21(19,20)10-11)7-12-8-14(17)3-4-15(12)16/h3-4,8,11,13,18H,2,5-7,9-10H2,1H3. The molecular formula is C15H21ClFNO2S. The number of benzene rings is 1. The number of hydrogen-bond acceptors (Lipinski definition) is 3. The van der Waals surface area contributed by atoms with Crippen LogP contribution in [0.2, 0.25) is 5.02 Å². The van der Waals surface area contributed by atoms with Crippen molar-refractivity contribution in [2.75, 3.05) is 24.6 Å². The van der Waals surface area contributed by atoms with Gasteiger partial charge in [-0.1, -0.05) is 18.5 Å². The first-order valence-electron chi connectivity index (χ1n) is 7.26. The summed E-state index contributed by atoms with van der Waals surface area (Å²) in [6.45, 7) is 3.56. The van der Waals surface area contributed by atoms with E-state index in [-0.39, 0.29) is 29.2 Å². The van der Waals surface area contributed by atoms with E-state index >= 15 is 0 Å². The van der Waals surface area contributed by atoms with E-state index in [9.17, 15) is 12.8 Å². The molecule has 0 bridgehead atoms. The van der Waals surface area contributed by atoms with Crippen LogP contribution in [0.4, 0.5) is 4.39 Å². The van der Waals surface area contributed by atoms with Crippen LogP contribution in [0.1, 0.15) is 18.9 Å². The van der Waals surface area contributed by atoms with E-state index in [2.05, 4.69) is 5.32 Å². The molecule has 1 aromatic rings. The highest BCUT2D eigenvalue weighted by Crippen LogP contribution is 2.30. The number of hydrogen-bond donors (Lipinski definition) is 1. The van der Waals surface area contributed by atoms with Crippen molar-refractivity contribution in [2.45, 2.75) is 19.8 Å². The van der Waals surface area contributed by atoms with Gasteiger partial charge in [0.25, 0.3) is 0 Å². The first kappa shape index (κ1) is 16.7. The van der Waals surface area contributed by atoms with Crippen molar-refractivity contribution in [3.8, 4) is 0 Å². The van der Waals surface area contributed by atoms with Crippen LogP contribution >= 0.6 is 11.6 Å². The van der Waals surface area contributed by atoms with Gasteiger partial charge in [-0.2, -0.15) is 0 Å². The molecular weight excluding hydrogens is 313 g/mol. The molecule has 1 aliphatic rings. The van der Waals surface area contributed by atoms with Crippen molar-refractivity contribution >= 4 is 21.4 Å². The lowest BCUT2D eigenvalue weighted by molar-refractivity contribution is 0.345. The summed E-state index contributed by atoms with van der Waals surface area (Å²) in [5, 5.41) is 3.82. The van der Waals surface area contributed by atoms with Crippen LogP contribution in [-0.2, 0) is 16.3 Å². The van der Waals surface area contributed by atoms with E-state index in [4.69, 9.17) is 11.6 Å². The van der Waals surface area contributed by atoms with E-state index in [1.165, 1.54) is 12.1 Å². The number of rotatable bonds is 6. The fourth-order valence-electron chi connectivity index (χ4n) is 2.91. The van der Waals surface area contributed by atoms with Crippen LogP contribution in [0, 0.1) is 17.7 Å². The average Bonchev–Trinajstić information content (AvgIpc) is 2.78. The van der Waals surface area contributed by atoms with E-state index in [0.29, 0.717) is 17.9 Å². The Kier molecular flexibility index (Phi) is 5.63.